The fraction of sp³-hybridized carbons (Fsp3) is 0.0588. The maximum absolute atomic E-state index is 13.7. The van der Waals surface area contributed by atoms with E-state index in [1.54, 1.807) is 36.8 Å². The van der Waals surface area contributed by atoms with Gasteiger partial charge in [-0.3, -0.25) is 10.1 Å². The number of aromatic nitrogens is 1. The van der Waals surface area contributed by atoms with Gasteiger partial charge in [0.2, 0.25) is 0 Å². The Kier molecular flexibility index (Phi) is 4.71. The van der Waals surface area contributed by atoms with Gasteiger partial charge in [-0.25, -0.2) is 18.2 Å². The van der Waals surface area contributed by atoms with E-state index in [-0.39, 0.29) is 5.13 Å². The highest BCUT2D eigenvalue weighted by atomic mass is 32.1. The van der Waals surface area contributed by atoms with Crippen LogP contribution in [0.5, 0.6) is 5.75 Å². The SMILES string of the molecule is COc1ccc(-c2csc(NC(=O)c3ccc(F)c(F)c3F)n2)cc1. The van der Waals surface area contributed by atoms with Gasteiger partial charge in [-0.15, -0.1) is 11.3 Å². The van der Waals surface area contributed by atoms with Crippen LogP contribution in [0.4, 0.5) is 18.3 Å². The lowest BCUT2D eigenvalue weighted by molar-refractivity contribution is 0.102. The fourth-order valence-electron chi connectivity index (χ4n) is 2.09. The van der Waals surface area contributed by atoms with Crippen LogP contribution in [-0.2, 0) is 0 Å². The molecule has 0 saturated heterocycles. The number of hydrogen-bond acceptors (Lipinski definition) is 4. The maximum atomic E-state index is 13.7. The average Bonchev–Trinajstić information content (AvgIpc) is 3.08. The van der Waals surface area contributed by atoms with Crippen molar-refractivity contribution in [1.82, 2.24) is 4.98 Å². The summed E-state index contributed by atoms with van der Waals surface area (Å²) in [4.78, 5) is 16.3. The van der Waals surface area contributed by atoms with Gasteiger partial charge in [0.1, 0.15) is 5.75 Å². The van der Waals surface area contributed by atoms with Crippen LogP contribution in [0.25, 0.3) is 11.3 Å². The number of halogens is 3. The van der Waals surface area contributed by atoms with Crippen molar-refractivity contribution >= 4 is 22.4 Å². The summed E-state index contributed by atoms with van der Waals surface area (Å²) in [5.74, 6) is -4.80. The van der Waals surface area contributed by atoms with Crippen LogP contribution >= 0.6 is 11.3 Å². The fourth-order valence-corrected chi connectivity index (χ4v) is 2.81. The van der Waals surface area contributed by atoms with Crippen molar-refractivity contribution in [3.8, 4) is 17.0 Å². The molecule has 0 aliphatic rings. The Labute approximate surface area is 144 Å². The second kappa shape index (κ2) is 6.94. The molecule has 1 heterocycles. The Morgan fingerprint density at radius 2 is 1.80 bits per heavy atom. The minimum Gasteiger partial charge on any atom is -0.497 e. The number of thiazole rings is 1. The molecule has 4 nitrogen and oxygen atoms in total. The number of nitrogens with zero attached hydrogens (tertiary/aromatic N) is 1. The van der Waals surface area contributed by atoms with Crippen LogP contribution in [0.1, 0.15) is 10.4 Å². The standard InChI is InChI=1S/C17H11F3N2O2S/c1-24-10-4-2-9(3-5-10)13-8-25-17(21-13)22-16(23)11-6-7-12(18)15(20)14(11)19/h2-8H,1H3,(H,21,22,23). The molecule has 0 saturated carbocycles. The smallest absolute Gasteiger partial charge is 0.260 e. The number of methoxy groups -OCH3 is 1. The Bertz CT molecular complexity index is 926. The minimum absolute atomic E-state index is 0.208. The van der Waals surface area contributed by atoms with E-state index in [9.17, 15) is 18.0 Å². The molecule has 2 aromatic carbocycles. The summed E-state index contributed by atoms with van der Waals surface area (Å²) < 4.78 is 44.9. The van der Waals surface area contributed by atoms with Crippen LogP contribution < -0.4 is 10.1 Å². The van der Waals surface area contributed by atoms with Gasteiger partial charge < -0.3 is 4.74 Å². The van der Waals surface area contributed by atoms with Gasteiger partial charge in [0.05, 0.1) is 18.4 Å². The van der Waals surface area contributed by atoms with Crippen molar-refractivity contribution in [2.45, 2.75) is 0 Å². The van der Waals surface area contributed by atoms with E-state index in [4.69, 9.17) is 4.74 Å². The molecule has 0 atom stereocenters. The Morgan fingerprint density at radius 3 is 2.48 bits per heavy atom. The number of benzene rings is 2. The van der Waals surface area contributed by atoms with E-state index in [1.165, 1.54) is 0 Å². The van der Waals surface area contributed by atoms with Crippen LogP contribution in [-0.4, -0.2) is 18.0 Å². The molecule has 128 valence electrons. The molecule has 25 heavy (non-hydrogen) atoms. The number of rotatable bonds is 4. The zero-order chi connectivity index (χ0) is 18.0. The van der Waals surface area contributed by atoms with Crippen LogP contribution in [0.15, 0.2) is 41.8 Å². The summed E-state index contributed by atoms with van der Waals surface area (Å²) in [7, 11) is 1.56. The number of nitrogens with one attached hydrogen (secondary N) is 1. The lowest BCUT2D eigenvalue weighted by Crippen LogP contribution is -2.15. The third-order valence-electron chi connectivity index (χ3n) is 3.39. The summed E-state index contributed by atoms with van der Waals surface area (Å²) in [5, 5.41) is 4.29. The first-order chi connectivity index (χ1) is 12.0. The maximum Gasteiger partial charge on any atom is 0.260 e. The summed E-state index contributed by atoms with van der Waals surface area (Å²) in [6, 6.07) is 8.70. The van der Waals surface area contributed by atoms with E-state index in [0.29, 0.717) is 17.5 Å². The summed E-state index contributed by atoms with van der Waals surface area (Å²) in [6.45, 7) is 0. The van der Waals surface area contributed by atoms with E-state index in [1.807, 2.05) is 0 Å². The van der Waals surface area contributed by atoms with Gasteiger partial charge in [-0.05, 0) is 36.4 Å². The highest BCUT2D eigenvalue weighted by Crippen LogP contribution is 2.27. The van der Waals surface area contributed by atoms with Gasteiger partial charge in [-0.1, -0.05) is 0 Å². The molecule has 1 N–H and O–H groups in total. The predicted molar refractivity (Wildman–Crippen MR) is 88.4 cm³/mol. The van der Waals surface area contributed by atoms with Gasteiger partial charge in [-0.2, -0.15) is 0 Å². The third kappa shape index (κ3) is 3.48. The number of hydrogen-bond donors (Lipinski definition) is 1. The summed E-state index contributed by atoms with van der Waals surface area (Å²) >= 11 is 1.13. The molecular weight excluding hydrogens is 353 g/mol. The molecule has 1 aromatic heterocycles. The second-order valence-electron chi connectivity index (χ2n) is 4.94. The zero-order valence-corrected chi connectivity index (χ0v) is 13.7. The van der Waals surface area contributed by atoms with Gasteiger partial charge in [0.25, 0.3) is 5.91 Å². The first-order valence-electron chi connectivity index (χ1n) is 7.04. The number of ether oxygens (including phenoxy) is 1. The van der Waals surface area contributed by atoms with Crippen LogP contribution in [0.3, 0.4) is 0 Å². The average molecular weight is 364 g/mol. The van der Waals surface area contributed by atoms with Gasteiger partial charge in [0.15, 0.2) is 22.6 Å². The minimum atomic E-state index is -1.69. The van der Waals surface area contributed by atoms with Crippen LogP contribution in [0.2, 0.25) is 0 Å². The van der Waals surface area contributed by atoms with E-state index >= 15 is 0 Å². The second-order valence-corrected chi connectivity index (χ2v) is 5.80. The Balaban J connectivity index is 1.79. The van der Waals surface area contributed by atoms with Gasteiger partial charge >= 0.3 is 0 Å². The Hall–Kier alpha value is -2.87. The molecule has 8 heteroatoms. The molecule has 3 rings (SSSR count). The van der Waals surface area contributed by atoms with Crippen molar-refractivity contribution in [3.05, 3.63) is 64.8 Å². The van der Waals surface area contributed by atoms with Crippen molar-refractivity contribution < 1.29 is 22.7 Å². The first kappa shape index (κ1) is 17.0. The highest BCUT2D eigenvalue weighted by molar-refractivity contribution is 7.14. The molecule has 0 radical (unpaired) electrons. The topological polar surface area (TPSA) is 51.2 Å². The van der Waals surface area contributed by atoms with Crippen molar-refractivity contribution in [3.63, 3.8) is 0 Å². The number of amides is 1. The first-order valence-corrected chi connectivity index (χ1v) is 7.92. The molecule has 0 fully saturated rings. The van der Waals surface area contributed by atoms with Gasteiger partial charge in [0, 0.05) is 10.9 Å². The molecule has 3 aromatic rings. The van der Waals surface area contributed by atoms with Crippen molar-refractivity contribution in [2.24, 2.45) is 0 Å². The van der Waals surface area contributed by atoms with E-state index < -0.39 is 28.9 Å². The number of anilines is 1. The molecule has 0 unspecified atom stereocenters. The third-order valence-corrected chi connectivity index (χ3v) is 4.15. The molecule has 1 amide bonds. The zero-order valence-electron chi connectivity index (χ0n) is 12.8. The van der Waals surface area contributed by atoms with E-state index in [2.05, 4.69) is 10.3 Å². The number of carbonyl (C=O) groups excluding carboxylic acids is 1. The summed E-state index contributed by atoms with van der Waals surface area (Å²) in [5.41, 5.74) is 0.811. The van der Waals surface area contributed by atoms with E-state index in [0.717, 1.165) is 23.0 Å². The lowest BCUT2D eigenvalue weighted by atomic mass is 10.2. The molecular formula is C17H11F3N2O2S. The highest BCUT2D eigenvalue weighted by Gasteiger charge is 2.19. The monoisotopic (exact) mass is 364 g/mol. The lowest BCUT2D eigenvalue weighted by Gasteiger charge is -2.04. The molecule has 0 spiro atoms. The Morgan fingerprint density at radius 1 is 1.08 bits per heavy atom. The van der Waals surface area contributed by atoms with Crippen molar-refractivity contribution in [1.29, 1.82) is 0 Å². The molecule has 0 aliphatic heterocycles. The van der Waals surface area contributed by atoms with Crippen molar-refractivity contribution in [2.75, 3.05) is 12.4 Å². The normalized spacial score (nSPS) is 10.6. The number of carbonyl (C=O) groups is 1. The largest absolute Gasteiger partial charge is 0.497 e. The predicted octanol–water partition coefficient (Wildman–Crippen LogP) is 4.49. The molecule has 0 aliphatic carbocycles. The van der Waals surface area contributed by atoms with Crippen LogP contribution in [0, 0.1) is 17.5 Å². The summed E-state index contributed by atoms with van der Waals surface area (Å²) in [6.07, 6.45) is 0. The quantitative estimate of drug-likeness (QED) is 0.694. The molecule has 0 bridgehead atoms.